The van der Waals surface area contributed by atoms with Crippen molar-refractivity contribution >= 4 is 11.4 Å². The van der Waals surface area contributed by atoms with Crippen LogP contribution < -0.4 is 4.90 Å². The van der Waals surface area contributed by atoms with Crippen LogP contribution in [0.4, 0.5) is 11.4 Å². The molecule has 0 aliphatic carbocycles. The number of anilines is 2. The number of hydrogen-bond acceptors (Lipinski definition) is 4. The van der Waals surface area contributed by atoms with Crippen molar-refractivity contribution in [2.75, 3.05) is 18.1 Å². The Labute approximate surface area is 63.7 Å². The summed E-state index contributed by atoms with van der Waals surface area (Å²) in [4.78, 5) is 1.85. The highest BCUT2D eigenvalue weighted by Gasteiger charge is 2.37. The van der Waals surface area contributed by atoms with Gasteiger partial charge in [-0.1, -0.05) is 0 Å². The second kappa shape index (κ2) is 2.25. The molecule has 0 spiro atoms. The summed E-state index contributed by atoms with van der Waals surface area (Å²) in [5, 5.41) is 17.6. The molecule has 0 saturated carbocycles. The van der Waals surface area contributed by atoms with Crippen LogP contribution in [-0.4, -0.2) is 29.5 Å². The third-order valence-corrected chi connectivity index (χ3v) is 1.88. The van der Waals surface area contributed by atoms with E-state index < -0.39 is 0 Å². The number of furan rings is 1. The first-order valence-corrected chi connectivity index (χ1v) is 3.45. The molecule has 1 aromatic rings. The number of rotatable bonds is 3. The first-order valence-electron chi connectivity index (χ1n) is 3.45. The smallest absolute Gasteiger partial charge is 0.116 e. The van der Waals surface area contributed by atoms with Gasteiger partial charge in [0.15, 0.2) is 0 Å². The molecule has 1 aromatic heterocycles. The lowest BCUT2D eigenvalue weighted by Gasteiger charge is -2.13. The van der Waals surface area contributed by atoms with Crippen LogP contribution in [0.1, 0.15) is 0 Å². The molecule has 0 bridgehead atoms. The molecule has 11 heavy (non-hydrogen) atoms. The van der Waals surface area contributed by atoms with Gasteiger partial charge in [0, 0.05) is 0 Å². The number of aliphatic hydroxyl groups excluding tert-OH is 2. The van der Waals surface area contributed by atoms with E-state index in [1.54, 1.807) is 12.5 Å². The van der Waals surface area contributed by atoms with Crippen LogP contribution in [0, 0.1) is 0 Å². The van der Waals surface area contributed by atoms with Crippen molar-refractivity contribution in [2.45, 2.75) is 6.04 Å². The highest BCUT2D eigenvalue weighted by atomic mass is 16.3. The third kappa shape index (κ3) is 0.834. The van der Waals surface area contributed by atoms with Gasteiger partial charge in [0.2, 0.25) is 0 Å². The van der Waals surface area contributed by atoms with E-state index in [1.807, 2.05) is 4.90 Å². The minimum atomic E-state index is -0.198. The van der Waals surface area contributed by atoms with Crippen LogP contribution in [0.5, 0.6) is 0 Å². The van der Waals surface area contributed by atoms with E-state index in [9.17, 15) is 0 Å². The van der Waals surface area contributed by atoms with E-state index in [0.717, 1.165) is 11.4 Å². The Morgan fingerprint density at radius 3 is 2.27 bits per heavy atom. The standard InChI is InChI=1S/C7H9NO3/c9-1-5(2-10)8-6-3-11-4-7(6)8/h3-5,9-10H,1-2H2. The van der Waals surface area contributed by atoms with E-state index in [0.29, 0.717) is 0 Å². The zero-order valence-electron chi connectivity index (χ0n) is 5.90. The van der Waals surface area contributed by atoms with Crippen LogP contribution in [0.25, 0.3) is 0 Å². The molecule has 2 heterocycles. The summed E-state index contributed by atoms with van der Waals surface area (Å²) >= 11 is 0. The molecular formula is C7H9NO3. The Kier molecular flexibility index (Phi) is 1.37. The SMILES string of the molecule is OCC(CO)N1c2cocc21. The molecule has 4 heteroatoms. The highest BCUT2D eigenvalue weighted by molar-refractivity contribution is 5.92. The Morgan fingerprint density at radius 2 is 1.82 bits per heavy atom. The fourth-order valence-corrected chi connectivity index (χ4v) is 1.22. The molecule has 0 atom stereocenters. The minimum absolute atomic E-state index is 0.0365. The van der Waals surface area contributed by atoms with Crippen LogP contribution in [0.2, 0.25) is 0 Å². The molecule has 60 valence electrons. The summed E-state index contributed by atoms with van der Waals surface area (Å²) in [6, 6.07) is -0.198. The van der Waals surface area contributed by atoms with Crippen LogP contribution >= 0.6 is 0 Å². The summed E-state index contributed by atoms with van der Waals surface area (Å²) in [6.07, 6.45) is 3.21. The second-order valence-electron chi connectivity index (χ2n) is 2.53. The zero-order chi connectivity index (χ0) is 7.84. The van der Waals surface area contributed by atoms with Crippen LogP contribution in [0.3, 0.4) is 0 Å². The van der Waals surface area contributed by atoms with Gasteiger partial charge in [0.25, 0.3) is 0 Å². The molecule has 0 radical (unpaired) electrons. The molecular weight excluding hydrogens is 146 g/mol. The van der Waals surface area contributed by atoms with E-state index >= 15 is 0 Å². The van der Waals surface area contributed by atoms with E-state index in [4.69, 9.17) is 14.6 Å². The number of fused-ring (bicyclic) bond motifs is 1. The van der Waals surface area contributed by atoms with E-state index in [2.05, 4.69) is 0 Å². The van der Waals surface area contributed by atoms with Gasteiger partial charge in [-0.25, -0.2) is 0 Å². The monoisotopic (exact) mass is 155 g/mol. The largest absolute Gasteiger partial charge is 0.468 e. The summed E-state index contributed by atoms with van der Waals surface area (Å²) in [5.74, 6) is 0. The molecule has 0 unspecified atom stereocenters. The van der Waals surface area contributed by atoms with Crippen molar-refractivity contribution in [2.24, 2.45) is 0 Å². The molecule has 0 fully saturated rings. The maximum absolute atomic E-state index is 8.79. The predicted molar refractivity (Wildman–Crippen MR) is 38.8 cm³/mol. The van der Waals surface area contributed by atoms with Crippen molar-refractivity contribution in [1.82, 2.24) is 0 Å². The lowest BCUT2D eigenvalue weighted by atomic mass is 10.3. The Balaban J connectivity index is 2.06. The normalized spacial score (nSPS) is 13.9. The number of nitrogens with zero attached hydrogens (tertiary/aromatic N) is 1. The lowest BCUT2D eigenvalue weighted by molar-refractivity contribution is 0.196. The molecule has 2 rings (SSSR count). The van der Waals surface area contributed by atoms with Gasteiger partial charge in [0.1, 0.15) is 23.9 Å². The Bertz CT molecular complexity index is 235. The Hall–Kier alpha value is -1.00. The van der Waals surface area contributed by atoms with E-state index in [1.165, 1.54) is 0 Å². The van der Waals surface area contributed by atoms with Gasteiger partial charge in [-0.05, 0) is 0 Å². The van der Waals surface area contributed by atoms with Crippen molar-refractivity contribution in [1.29, 1.82) is 0 Å². The fourth-order valence-electron chi connectivity index (χ4n) is 1.22. The third-order valence-electron chi connectivity index (χ3n) is 1.88. The van der Waals surface area contributed by atoms with Gasteiger partial charge in [-0.2, -0.15) is 0 Å². The Morgan fingerprint density at radius 1 is 1.27 bits per heavy atom. The number of hydrogen-bond donors (Lipinski definition) is 2. The maximum atomic E-state index is 8.79. The summed E-state index contributed by atoms with van der Waals surface area (Å²) in [7, 11) is 0. The highest BCUT2D eigenvalue weighted by Crippen LogP contribution is 2.50. The molecule has 0 saturated heterocycles. The first kappa shape index (κ1) is 6.69. The van der Waals surface area contributed by atoms with Gasteiger partial charge in [-0.15, -0.1) is 0 Å². The summed E-state index contributed by atoms with van der Waals surface area (Å²) < 4.78 is 4.85. The van der Waals surface area contributed by atoms with Crippen molar-refractivity contribution in [3.63, 3.8) is 0 Å². The van der Waals surface area contributed by atoms with Crippen molar-refractivity contribution in [3.8, 4) is 0 Å². The van der Waals surface area contributed by atoms with Gasteiger partial charge >= 0.3 is 0 Å². The van der Waals surface area contributed by atoms with Gasteiger partial charge < -0.3 is 19.5 Å². The van der Waals surface area contributed by atoms with Gasteiger partial charge in [-0.3, -0.25) is 0 Å². The summed E-state index contributed by atoms with van der Waals surface area (Å²) in [6.45, 7) is -0.0731. The maximum Gasteiger partial charge on any atom is 0.116 e. The fraction of sp³-hybridized carbons (Fsp3) is 0.429. The molecule has 4 nitrogen and oxygen atoms in total. The second-order valence-corrected chi connectivity index (χ2v) is 2.53. The topological polar surface area (TPSA) is 56.6 Å². The molecule has 1 aliphatic rings. The number of aliphatic hydroxyl groups is 2. The molecule has 1 aliphatic heterocycles. The van der Waals surface area contributed by atoms with Gasteiger partial charge in [0.05, 0.1) is 19.3 Å². The quantitative estimate of drug-likeness (QED) is 0.607. The first-order chi connectivity index (χ1) is 5.38. The minimum Gasteiger partial charge on any atom is -0.468 e. The van der Waals surface area contributed by atoms with Crippen molar-refractivity contribution in [3.05, 3.63) is 12.5 Å². The summed E-state index contributed by atoms with van der Waals surface area (Å²) in [5.41, 5.74) is 1.94. The van der Waals surface area contributed by atoms with E-state index in [-0.39, 0.29) is 19.3 Å². The molecule has 0 amide bonds. The van der Waals surface area contributed by atoms with Crippen molar-refractivity contribution < 1.29 is 14.6 Å². The molecule has 2 N–H and O–H groups in total. The van der Waals surface area contributed by atoms with Crippen LogP contribution in [0.15, 0.2) is 16.9 Å². The lowest BCUT2D eigenvalue weighted by Crippen LogP contribution is -2.29. The predicted octanol–water partition coefficient (Wildman–Crippen LogP) is 0.0843. The average molecular weight is 155 g/mol. The van der Waals surface area contributed by atoms with Crippen LogP contribution in [-0.2, 0) is 0 Å². The average Bonchev–Trinajstić information content (AvgIpc) is 2.54. The zero-order valence-corrected chi connectivity index (χ0v) is 5.90. The molecule has 0 aromatic carbocycles.